The van der Waals surface area contributed by atoms with Crippen LogP contribution in [-0.4, -0.2) is 6.61 Å². The molecule has 1 nitrogen and oxygen atoms in total. The predicted molar refractivity (Wildman–Crippen MR) is 85.9 cm³/mol. The van der Waals surface area contributed by atoms with E-state index in [1.165, 1.54) is 51.4 Å². The average molecular weight is 264 g/mol. The van der Waals surface area contributed by atoms with Crippen molar-refractivity contribution in [3.8, 4) is 5.75 Å². The van der Waals surface area contributed by atoms with E-state index in [0.717, 1.165) is 12.4 Å². The van der Waals surface area contributed by atoms with Crippen molar-refractivity contribution in [2.24, 2.45) is 0 Å². The van der Waals surface area contributed by atoms with Gasteiger partial charge in [0.2, 0.25) is 0 Å². The van der Waals surface area contributed by atoms with Crippen LogP contribution in [0.25, 0.3) is 0 Å². The van der Waals surface area contributed by atoms with Crippen molar-refractivity contribution in [2.75, 3.05) is 6.61 Å². The van der Waals surface area contributed by atoms with Gasteiger partial charge in [0, 0.05) is 0 Å². The summed E-state index contributed by atoms with van der Waals surface area (Å²) >= 11 is 0. The van der Waals surface area contributed by atoms with Gasteiger partial charge >= 0.3 is 0 Å². The highest BCUT2D eigenvalue weighted by Gasteiger charge is 1.93. The maximum atomic E-state index is 5.63. The molecule has 0 atom stereocenters. The molecule has 0 N–H and O–H groups in total. The van der Waals surface area contributed by atoms with Gasteiger partial charge in [-0.2, -0.15) is 0 Å². The smallest absolute Gasteiger partial charge is 0.119 e. The molecule has 1 aromatic rings. The normalized spacial score (nSPS) is 9.63. The van der Waals surface area contributed by atoms with Crippen molar-refractivity contribution in [1.29, 1.82) is 0 Å². The molecule has 0 spiro atoms. The summed E-state index contributed by atoms with van der Waals surface area (Å²) in [6.07, 6.45) is 10.6. The molecule has 1 heteroatoms. The first kappa shape index (κ1) is 18.0. The second kappa shape index (κ2) is 15.1. The van der Waals surface area contributed by atoms with Crippen molar-refractivity contribution >= 4 is 0 Å². The Morgan fingerprint density at radius 1 is 0.737 bits per heavy atom. The number of rotatable bonds is 9. The Hall–Kier alpha value is -0.980. The molecule has 19 heavy (non-hydrogen) atoms. The Bertz CT molecular complexity index is 256. The number of unbranched alkanes of at least 4 members (excludes halogenated alkanes) is 6. The molecule has 0 aromatic heterocycles. The third kappa shape index (κ3) is 13.3. The van der Waals surface area contributed by atoms with Crippen LogP contribution in [0, 0.1) is 0 Å². The molecule has 0 aliphatic heterocycles. The largest absolute Gasteiger partial charge is 0.494 e. The highest BCUT2D eigenvalue weighted by Crippen LogP contribution is 2.10. The van der Waals surface area contributed by atoms with Gasteiger partial charge in [0.15, 0.2) is 0 Å². The van der Waals surface area contributed by atoms with E-state index < -0.39 is 0 Å². The zero-order chi connectivity index (χ0) is 14.2. The van der Waals surface area contributed by atoms with Crippen molar-refractivity contribution in [2.45, 2.75) is 72.1 Å². The van der Waals surface area contributed by atoms with Gasteiger partial charge < -0.3 is 4.74 Å². The average Bonchev–Trinajstić information content (AvgIpc) is 2.44. The van der Waals surface area contributed by atoms with Crippen LogP contribution < -0.4 is 4.74 Å². The van der Waals surface area contributed by atoms with Gasteiger partial charge in [-0.1, -0.05) is 83.9 Å². The van der Waals surface area contributed by atoms with Crippen LogP contribution in [0.2, 0.25) is 0 Å². The van der Waals surface area contributed by atoms with Crippen molar-refractivity contribution < 1.29 is 4.74 Å². The highest BCUT2D eigenvalue weighted by molar-refractivity contribution is 5.20. The third-order valence-corrected chi connectivity index (χ3v) is 2.76. The Morgan fingerprint density at radius 2 is 1.26 bits per heavy atom. The molecule has 0 heterocycles. The highest BCUT2D eigenvalue weighted by atomic mass is 16.5. The van der Waals surface area contributed by atoms with Gasteiger partial charge in [-0.25, -0.2) is 0 Å². The molecule has 1 rings (SSSR count). The van der Waals surface area contributed by atoms with Crippen LogP contribution >= 0.6 is 0 Å². The quantitative estimate of drug-likeness (QED) is 0.480. The van der Waals surface area contributed by atoms with Gasteiger partial charge in [-0.3, -0.25) is 0 Å². The van der Waals surface area contributed by atoms with Crippen molar-refractivity contribution in [3.05, 3.63) is 30.3 Å². The first-order chi connectivity index (χ1) is 9.35. The summed E-state index contributed by atoms with van der Waals surface area (Å²) in [5, 5.41) is 0. The second-order valence-corrected chi connectivity index (χ2v) is 4.99. The summed E-state index contributed by atoms with van der Waals surface area (Å²) in [5.41, 5.74) is 0. The fraction of sp³-hybridized carbons (Fsp3) is 0.667. The molecule has 110 valence electrons. The van der Waals surface area contributed by atoms with Gasteiger partial charge in [0.1, 0.15) is 5.75 Å². The summed E-state index contributed by atoms with van der Waals surface area (Å²) in [6.45, 7) is 7.37. The van der Waals surface area contributed by atoms with E-state index in [4.69, 9.17) is 4.74 Å². The van der Waals surface area contributed by atoms with E-state index in [-0.39, 0.29) is 0 Å². The molecule has 0 fully saturated rings. The van der Waals surface area contributed by atoms with Gasteiger partial charge in [0.25, 0.3) is 0 Å². The van der Waals surface area contributed by atoms with Gasteiger partial charge in [-0.15, -0.1) is 0 Å². The molecule has 0 amide bonds. The van der Waals surface area contributed by atoms with Gasteiger partial charge in [0.05, 0.1) is 6.61 Å². The Kier molecular flexibility index (Phi) is 14.3. The van der Waals surface area contributed by atoms with Crippen molar-refractivity contribution in [3.63, 3.8) is 0 Å². The van der Waals surface area contributed by atoms with Crippen molar-refractivity contribution in [1.82, 2.24) is 0 Å². The minimum absolute atomic E-state index is 0.859. The zero-order valence-electron chi connectivity index (χ0n) is 13.2. The lowest BCUT2D eigenvalue weighted by atomic mass is 10.1. The monoisotopic (exact) mass is 264 g/mol. The van der Waals surface area contributed by atoms with E-state index in [1.54, 1.807) is 0 Å². The number of ether oxygens (including phenoxy) is 1. The molecule has 0 aliphatic carbocycles. The Labute approximate surface area is 120 Å². The van der Waals surface area contributed by atoms with Crippen LogP contribution in [0.15, 0.2) is 30.3 Å². The van der Waals surface area contributed by atoms with E-state index in [0.29, 0.717) is 0 Å². The summed E-state index contributed by atoms with van der Waals surface area (Å²) in [7, 11) is 0. The van der Waals surface area contributed by atoms with Crippen LogP contribution in [0.4, 0.5) is 0 Å². The molecule has 0 aliphatic rings. The van der Waals surface area contributed by atoms with E-state index in [2.05, 4.69) is 20.8 Å². The molecular formula is C18H32O. The molecule has 1 aromatic carbocycles. The summed E-state index contributed by atoms with van der Waals surface area (Å²) < 4.78 is 5.63. The molecule has 0 saturated carbocycles. The fourth-order valence-electron chi connectivity index (χ4n) is 1.77. The summed E-state index contributed by atoms with van der Waals surface area (Å²) in [4.78, 5) is 0. The Morgan fingerprint density at radius 3 is 1.84 bits per heavy atom. The van der Waals surface area contributed by atoms with E-state index in [9.17, 15) is 0 Å². The molecule has 0 saturated heterocycles. The predicted octanol–water partition coefficient (Wildman–Crippen LogP) is 6.23. The SMILES string of the molecule is CCC.CCCCCCCCCOc1ccccc1. The standard InChI is InChI=1S/C15H24O.C3H8/c1-2-3-4-5-6-7-11-14-16-15-12-9-8-10-13-15;1-3-2/h8-10,12-13H,2-7,11,14H2,1H3;3H2,1-2H3. The lowest BCUT2D eigenvalue weighted by molar-refractivity contribution is 0.304. The maximum absolute atomic E-state index is 5.63. The van der Waals surface area contributed by atoms with Crippen LogP contribution in [0.3, 0.4) is 0 Å². The third-order valence-electron chi connectivity index (χ3n) is 2.76. The Balaban J connectivity index is 0.000000982. The van der Waals surface area contributed by atoms with E-state index >= 15 is 0 Å². The van der Waals surface area contributed by atoms with Crippen LogP contribution in [0.5, 0.6) is 5.75 Å². The second-order valence-electron chi connectivity index (χ2n) is 4.99. The minimum Gasteiger partial charge on any atom is -0.494 e. The zero-order valence-corrected chi connectivity index (χ0v) is 13.2. The molecule has 0 radical (unpaired) electrons. The number of hydrogen-bond acceptors (Lipinski definition) is 1. The molecule has 0 bridgehead atoms. The lowest BCUT2D eigenvalue weighted by Gasteiger charge is -2.05. The summed E-state index contributed by atoms with van der Waals surface area (Å²) in [5.74, 6) is 0.994. The van der Waals surface area contributed by atoms with Crippen LogP contribution in [-0.2, 0) is 0 Å². The van der Waals surface area contributed by atoms with Gasteiger partial charge in [-0.05, 0) is 18.6 Å². The summed E-state index contributed by atoms with van der Waals surface area (Å²) in [6, 6.07) is 10.1. The van der Waals surface area contributed by atoms with Crippen LogP contribution in [0.1, 0.15) is 72.1 Å². The molecular weight excluding hydrogens is 232 g/mol. The number of benzene rings is 1. The lowest BCUT2D eigenvalue weighted by Crippen LogP contribution is -1.96. The first-order valence-electron chi connectivity index (χ1n) is 8.02. The number of hydrogen-bond donors (Lipinski definition) is 0. The maximum Gasteiger partial charge on any atom is 0.119 e. The topological polar surface area (TPSA) is 9.23 Å². The molecule has 0 unspecified atom stereocenters. The van der Waals surface area contributed by atoms with E-state index in [1.807, 2.05) is 30.3 Å². The first-order valence-corrected chi connectivity index (χ1v) is 8.02. The number of para-hydroxylation sites is 1. The fourth-order valence-corrected chi connectivity index (χ4v) is 1.77. The minimum atomic E-state index is 0.859.